The molecule has 0 aromatic heterocycles. The van der Waals surface area contributed by atoms with Crippen molar-refractivity contribution >= 4 is 0 Å². The van der Waals surface area contributed by atoms with Gasteiger partial charge < -0.3 is 5.11 Å². The molecule has 0 saturated heterocycles. The van der Waals surface area contributed by atoms with Gasteiger partial charge in [0.25, 0.3) is 0 Å². The summed E-state index contributed by atoms with van der Waals surface area (Å²) < 4.78 is 0. The van der Waals surface area contributed by atoms with Crippen molar-refractivity contribution in [2.75, 3.05) is 0 Å². The summed E-state index contributed by atoms with van der Waals surface area (Å²) in [5.74, 6) is 0. The Kier molecular flexibility index (Phi) is 1.22. The first kappa shape index (κ1) is 5.58. The van der Waals surface area contributed by atoms with E-state index < -0.39 is 5.60 Å². The molecule has 8 heavy (non-hydrogen) atoms. The minimum absolute atomic E-state index is 0.421. The zero-order chi connectivity index (χ0) is 6.04. The van der Waals surface area contributed by atoms with E-state index in [1.807, 2.05) is 6.07 Å². The van der Waals surface area contributed by atoms with Crippen molar-refractivity contribution in [1.82, 2.24) is 0 Å². The van der Waals surface area contributed by atoms with E-state index in [1.165, 1.54) is 0 Å². The van der Waals surface area contributed by atoms with Gasteiger partial charge in [0.05, 0.1) is 11.7 Å². The molecule has 0 heterocycles. The van der Waals surface area contributed by atoms with Crippen LogP contribution < -0.4 is 0 Å². The van der Waals surface area contributed by atoms with Crippen LogP contribution in [-0.4, -0.2) is 10.7 Å². The van der Waals surface area contributed by atoms with Crippen molar-refractivity contribution in [2.45, 2.75) is 31.3 Å². The molecule has 2 nitrogen and oxygen atoms in total. The molecule has 0 amide bonds. The van der Waals surface area contributed by atoms with Crippen LogP contribution in [-0.2, 0) is 0 Å². The summed E-state index contributed by atoms with van der Waals surface area (Å²) in [5.41, 5.74) is -0.421. The molecule has 0 aromatic carbocycles. The normalized spacial score (nSPS) is 22.0. The Morgan fingerprint density at radius 2 is 2.25 bits per heavy atom. The highest BCUT2D eigenvalue weighted by molar-refractivity contribution is 4.95. The molecule has 0 aromatic rings. The number of aliphatic hydroxyl groups is 1. The third-order valence-corrected chi connectivity index (χ3v) is 1.53. The van der Waals surface area contributed by atoms with Crippen LogP contribution in [0.2, 0.25) is 0 Å². The van der Waals surface area contributed by atoms with E-state index in [1.54, 1.807) is 0 Å². The van der Waals surface area contributed by atoms with Gasteiger partial charge >= 0.3 is 0 Å². The Bertz CT molecular complexity index is 121. The number of nitriles is 1. The summed E-state index contributed by atoms with van der Waals surface area (Å²) in [6, 6.07) is 2.00. The summed E-state index contributed by atoms with van der Waals surface area (Å²) >= 11 is 0. The summed E-state index contributed by atoms with van der Waals surface area (Å²) in [6.07, 6.45) is 2.96. The van der Waals surface area contributed by atoms with Crippen LogP contribution in [0.15, 0.2) is 0 Å². The highest BCUT2D eigenvalue weighted by Gasteiger charge is 2.39. The molecule has 0 spiro atoms. The first-order valence-electron chi connectivity index (χ1n) is 2.86. The summed E-state index contributed by atoms with van der Waals surface area (Å²) in [7, 11) is 0. The predicted molar refractivity (Wildman–Crippen MR) is 29.0 cm³/mol. The van der Waals surface area contributed by atoms with E-state index in [4.69, 9.17) is 10.4 Å². The fraction of sp³-hybridized carbons (Fsp3) is 0.833. The van der Waals surface area contributed by atoms with Crippen LogP contribution in [0.4, 0.5) is 0 Å². The summed E-state index contributed by atoms with van der Waals surface area (Å²) in [5, 5.41) is 17.2. The lowest BCUT2D eigenvalue weighted by Gasteiger charge is -1.99. The quantitative estimate of drug-likeness (QED) is 0.573. The average Bonchev–Trinajstić information content (AvgIpc) is 2.45. The zero-order valence-electron chi connectivity index (χ0n) is 4.72. The van der Waals surface area contributed by atoms with Gasteiger partial charge in [-0.3, -0.25) is 0 Å². The lowest BCUT2D eigenvalue weighted by molar-refractivity contribution is 0.142. The molecule has 1 N–H and O–H groups in total. The molecule has 2 heteroatoms. The van der Waals surface area contributed by atoms with Crippen LogP contribution in [0.25, 0.3) is 0 Å². The Hall–Kier alpha value is -0.550. The molecule has 1 aliphatic rings. The Balaban J connectivity index is 2.12. The fourth-order valence-corrected chi connectivity index (χ4v) is 0.683. The molecule has 1 fully saturated rings. The third kappa shape index (κ3) is 1.21. The van der Waals surface area contributed by atoms with Gasteiger partial charge in [0.15, 0.2) is 0 Å². The second-order valence-electron chi connectivity index (χ2n) is 2.38. The van der Waals surface area contributed by atoms with Crippen molar-refractivity contribution in [2.24, 2.45) is 0 Å². The van der Waals surface area contributed by atoms with Crippen molar-refractivity contribution in [3.05, 3.63) is 0 Å². The Morgan fingerprint density at radius 3 is 2.62 bits per heavy atom. The van der Waals surface area contributed by atoms with E-state index in [0.717, 1.165) is 12.8 Å². The van der Waals surface area contributed by atoms with Crippen molar-refractivity contribution in [1.29, 1.82) is 5.26 Å². The molecule has 0 unspecified atom stereocenters. The average molecular weight is 111 g/mol. The predicted octanol–water partition coefficient (Wildman–Crippen LogP) is 0.815. The lowest BCUT2D eigenvalue weighted by atomic mass is 10.2. The molecule has 44 valence electrons. The first-order valence-corrected chi connectivity index (χ1v) is 2.86. The Labute approximate surface area is 48.7 Å². The summed E-state index contributed by atoms with van der Waals surface area (Å²) in [6.45, 7) is 0. The molecule has 0 atom stereocenters. The topological polar surface area (TPSA) is 44.0 Å². The van der Waals surface area contributed by atoms with Gasteiger partial charge in [0, 0.05) is 6.42 Å². The second-order valence-corrected chi connectivity index (χ2v) is 2.38. The van der Waals surface area contributed by atoms with Gasteiger partial charge in [-0.15, -0.1) is 0 Å². The van der Waals surface area contributed by atoms with Gasteiger partial charge in [-0.1, -0.05) is 0 Å². The molecule has 0 radical (unpaired) electrons. The van der Waals surface area contributed by atoms with Crippen LogP contribution >= 0.6 is 0 Å². The number of hydrogen-bond acceptors (Lipinski definition) is 2. The molecular formula is C6H9NO. The van der Waals surface area contributed by atoms with Gasteiger partial charge in [-0.25, -0.2) is 0 Å². The zero-order valence-corrected chi connectivity index (χ0v) is 4.72. The highest BCUT2D eigenvalue weighted by atomic mass is 16.3. The van der Waals surface area contributed by atoms with Gasteiger partial charge in [-0.2, -0.15) is 5.26 Å². The van der Waals surface area contributed by atoms with Gasteiger partial charge in [-0.05, 0) is 19.3 Å². The molecule has 0 aliphatic heterocycles. The maximum atomic E-state index is 9.11. The maximum absolute atomic E-state index is 9.11. The Morgan fingerprint density at radius 1 is 1.62 bits per heavy atom. The fourth-order valence-electron chi connectivity index (χ4n) is 0.683. The maximum Gasteiger partial charge on any atom is 0.0659 e. The van der Waals surface area contributed by atoms with Gasteiger partial charge in [0.1, 0.15) is 0 Å². The van der Waals surface area contributed by atoms with Crippen molar-refractivity contribution in [3.63, 3.8) is 0 Å². The highest BCUT2D eigenvalue weighted by Crippen LogP contribution is 2.38. The largest absolute Gasteiger partial charge is 0.390 e. The lowest BCUT2D eigenvalue weighted by Crippen LogP contribution is -2.04. The van der Waals surface area contributed by atoms with Crippen LogP contribution in [0.3, 0.4) is 0 Å². The molecule has 1 rings (SSSR count). The first-order chi connectivity index (χ1) is 3.77. The van der Waals surface area contributed by atoms with Crippen LogP contribution in [0, 0.1) is 11.3 Å². The van der Waals surface area contributed by atoms with Gasteiger partial charge in [0.2, 0.25) is 0 Å². The molecular weight excluding hydrogens is 102 g/mol. The van der Waals surface area contributed by atoms with E-state index in [-0.39, 0.29) is 0 Å². The summed E-state index contributed by atoms with van der Waals surface area (Å²) in [4.78, 5) is 0. The van der Waals surface area contributed by atoms with E-state index >= 15 is 0 Å². The number of rotatable bonds is 2. The molecule has 1 aliphatic carbocycles. The number of hydrogen-bond donors (Lipinski definition) is 1. The van der Waals surface area contributed by atoms with E-state index in [0.29, 0.717) is 12.8 Å². The number of nitrogens with zero attached hydrogens (tertiary/aromatic N) is 1. The SMILES string of the molecule is N#CCCC1(O)CC1. The minimum Gasteiger partial charge on any atom is -0.390 e. The third-order valence-electron chi connectivity index (χ3n) is 1.53. The molecule has 0 bridgehead atoms. The van der Waals surface area contributed by atoms with Crippen LogP contribution in [0.5, 0.6) is 0 Å². The van der Waals surface area contributed by atoms with Crippen LogP contribution in [0.1, 0.15) is 25.7 Å². The molecule has 1 saturated carbocycles. The van der Waals surface area contributed by atoms with E-state index in [2.05, 4.69) is 0 Å². The van der Waals surface area contributed by atoms with Crippen molar-refractivity contribution in [3.8, 4) is 6.07 Å². The monoisotopic (exact) mass is 111 g/mol. The van der Waals surface area contributed by atoms with Crippen molar-refractivity contribution < 1.29 is 5.11 Å². The smallest absolute Gasteiger partial charge is 0.0659 e. The minimum atomic E-state index is -0.421. The standard InChI is InChI=1S/C6H9NO/c7-5-1-2-6(8)3-4-6/h8H,1-4H2. The second kappa shape index (κ2) is 1.75. The van der Waals surface area contributed by atoms with E-state index in [9.17, 15) is 0 Å².